The van der Waals surface area contributed by atoms with E-state index in [1.165, 1.54) is 11.3 Å². The van der Waals surface area contributed by atoms with Crippen LogP contribution in [0.15, 0.2) is 60.0 Å². The number of carbonyl (C=O) groups excluding carboxylic acids is 3. The molecule has 332 valence electrons. The fourth-order valence-electron chi connectivity index (χ4n) is 9.84. The predicted octanol–water partition coefficient (Wildman–Crippen LogP) is 8.65. The van der Waals surface area contributed by atoms with Gasteiger partial charge in [-0.15, -0.1) is 11.3 Å². The van der Waals surface area contributed by atoms with Gasteiger partial charge in [0.05, 0.1) is 31.0 Å². The molecule has 4 heterocycles. The van der Waals surface area contributed by atoms with Crippen LogP contribution in [0.5, 0.6) is 11.5 Å². The number of hydrogen-bond acceptors (Lipinski definition) is 10. The largest absolute Gasteiger partial charge is 0.497 e. The van der Waals surface area contributed by atoms with Gasteiger partial charge in [-0.3, -0.25) is 18.9 Å². The fourth-order valence-corrected chi connectivity index (χ4v) is 13.2. The van der Waals surface area contributed by atoms with E-state index in [1.54, 1.807) is 12.0 Å². The summed E-state index contributed by atoms with van der Waals surface area (Å²) in [6.45, 7) is 4.19. The van der Waals surface area contributed by atoms with Gasteiger partial charge in [0.25, 0.3) is 0 Å². The Kier molecular flexibility index (Phi) is 13.6. The molecule has 2 aliphatic heterocycles. The van der Waals surface area contributed by atoms with Gasteiger partial charge in [0.1, 0.15) is 40.7 Å². The van der Waals surface area contributed by atoms with Crippen molar-refractivity contribution in [2.24, 2.45) is 11.8 Å². The normalized spacial score (nSPS) is 25.9. The van der Waals surface area contributed by atoms with E-state index in [0.29, 0.717) is 53.6 Å². The summed E-state index contributed by atoms with van der Waals surface area (Å²) in [5.74, 6) is 0.358. The van der Waals surface area contributed by atoms with E-state index in [4.69, 9.17) is 19.4 Å². The molecule has 0 bridgehead atoms. The maximum atomic E-state index is 14.9. The summed E-state index contributed by atoms with van der Waals surface area (Å²) in [6.07, 6.45) is 10.1. The zero-order valence-corrected chi connectivity index (χ0v) is 37.9. The molecule has 2 aromatic carbocycles. The number of benzene rings is 2. The fraction of sp³-hybridized carbons (Fsp3) is 0.553. The van der Waals surface area contributed by atoms with E-state index in [2.05, 4.69) is 29.8 Å². The summed E-state index contributed by atoms with van der Waals surface area (Å²) in [4.78, 5) is 66.6. The first-order valence-corrected chi connectivity index (χ1v) is 25.3. The monoisotopic (exact) mass is 884 g/mol. The number of carbonyl (C=O) groups is 3. The SMILES string of the molecule is COc1ccc2c(OC3C[C@H]4C(=O)N[C@]5(P(=O)(O)Cc6ccccc6)C[C@H]5CCCCCCC[C@H](NC(=O)CC5CCCC5)C(=O)N4C3)cc(-c3csc(NC(C)C)n3)nc2c1. The van der Waals surface area contributed by atoms with Crippen LogP contribution >= 0.6 is 18.7 Å². The van der Waals surface area contributed by atoms with Crippen LogP contribution in [0.2, 0.25) is 0 Å². The highest BCUT2D eigenvalue weighted by atomic mass is 32.1. The highest BCUT2D eigenvalue weighted by Crippen LogP contribution is 2.71. The van der Waals surface area contributed by atoms with Gasteiger partial charge in [-0.25, -0.2) is 9.97 Å². The van der Waals surface area contributed by atoms with Gasteiger partial charge in [0, 0.05) is 41.8 Å². The average molecular weight is 885 g/mol. The summed E-state index contributed by atoms with van der Waals surface area (Å²) in [6, 6.07) is 15.0. The van der Waals surface area contributed by atoms with Crippen molar-refractivity contribution in [3.8, 4) is 22.9 Å². The number of nitrogens with one attached hydrogen (secondary N) is 3. The van der Waals surface area contributed by atoms with Crippen LogP contribution in [0.4, 0.5) is 5.13 Å². The Labute approximate surface area is 368 Å². The van der Waals surface area contributed by atoms with E-state index >= 15 is 0 Å². The summed E-state index contributed by atoms with van der Waals surface area (Å²) >= 11 is 1.49. The lowest BCUT2D eigenvalue weighted by Gasteiger charge is -2.31. The third kappa shape index (κ3) is 9.98. The molecule has 4 aliphatic rings. The Bertz CT molecular complexity index is 2280. The Balaban J connectivity index is 1.12. The summed E-state index contributed by atoms with van der Waals surface area (Å²) in [5.41, 5.74) is 2.64. The van der Waals surface area contributed by atoms with E-state index in [0.717, 1.165) is 80.3 Å². The number of nitrogens with zero attached hydrogens (tertiary/aromatic N) is 3. The molecule has 0 radical (unpaired) electrons. The van der Waals surface area contributed by atoms with Gasteiger partial charge in [0.15, 0.2) is 5.13 Å². The van der Waals surface area contributed by atoms with Gasteiger partial charge < -0.3 is 35.2 Å². The molecular weight excluding hydrogens is 824 g/mol. The van der Waals surface area contributed by atoms with Crippen LogP contribution in [-0.2, 0) is 25.1 Å². The van der Waals surface area contributed by atoms with E-state index in [-0.39, 0.29) is 42.9 Å². The number of methoxy groups -OCH3 is 1. The smallest absolute Gasteiger partial charge is 0.245 e. The molecule has 13 nitrogen and oxygen atoms in total. The van der Waals surface area contributed by atoms with Crippen molar-refractivity contribution in [2.75, 3.05) is 19.0 Å². The minimum Gasteiger partial charge on any atom is -0.497 e. The number of pyridine rings is 1. The highest BCUT2D eigenvalue weighted by molar-refractivity contribution is 7.59. The number of fused-ring (bicyclic) bond motifs is 3. The number of amides is 3. The number of ether oxygens (including phenoxy) is 2. The zero-order chi connectivity index (χ0) is 43.4. The first-order valence-electron chi connectivity index (χ1n) is 22.6. The Hall–Kier alpha value is -4.52. The molecule has 4 aromatic rings. The van der Waals surface area contributed by atoms with Gasteiger partial charge in [-0.05, 0) is 75.5 Å². The molecule has 2 saturated carbocycles. The molecule has 62 heavy (non-hydrogen) atoms. The van der Waals surface area contributed by atoms with Crippen LogP contribution < -0.4 is 25.4 Å². The maximum absolute atomic E-state index is 14.9. The molecule has 4 fully saturated rings. The molecule has 4 N–H and O–H groups in total. The zero-order valence-electron chi connectivity index (χ0n) is 36.1. The summed E-state index contributed by atoms with van der Waals surface area (Å²) < 4.78 is 27.0. The lowest BCUT2D eigenvalue weighted by Crippen LogP contribution is -2.55. The molecule has 2 aliphatic carbocycles. The lowest BCUT2D eigenvalue weighted by molar-refractivity contribution is -0.142. The quantitative estimate of drug-likeness (QED) is 0.101. The van der Waals surface area contributed by atoms with Crippen molar-refractivity contribution in [1.29, 1.82) is 0 Å². The highest BCUT2D eigenvalue weighted by Gasteiger charge is 2.66. The first-order chi connectivity index (χ1) is 29.9. The van der Waals surface area contributed by atoms with Crippen molar-refractivity contribution < 1.29 is 33.3 Å². The van der Waals surface area contributed by atoms with Gasteiger partial charge >= 0.3 is 0 Å². The molecule has 15 heteroatoms. The van der Waals surface area contributed by atoms with Crippen LogP contribution in [0, 0.1) is 11.8 Å². The van der Waals surface area contributed by atoms with E-state index in [9.17, 15) is 23.8 Å². The second kappa shape index (κ2) is 19.1. The minimum absolute atomic E-state index is 0.0605. The second-order valence-electron chi connectivity index (χ2n) is 18.2. The van der Waals surface area contributed by atoms with E-state index in [1.807, 2.05) is 60.0 Å². The molecule has 2 unspecified atom stereocenters. The third-order valence-electron chi connectivity index (χ3n) is 13.2. The standard InChI is InChI=1S/C47H61N6O7PS/c1-30(2)48-46-51-40(29-62-46)39-25-42(36-21-20-34(59-3)23-38(36)49-39)60-35-24-41-44(55)52-47(61(57,58)28-32-16-8-7-9-17-32)26-33(47)18-10-5-4-6-11-19-37(45(56)53(41)27-35)50-43(54)22-31-14-12-13-15-31/h7-9,16-17,20-21,23,25,29-31,33,35,37,41H,4-6,10-15,18-19,22,24,26-28H2,1-3H3,(H,48,51)(H,50,54)(H,52,55)(H,57,58)/t33-,35?,37+,41+,47+/m1/s1. The number of hydrogen-bond donors (Lipinski definition) is 4. The topological polar surface area (TPSA) is 172 Å². The number of anilines is 1. The van der Waals surface area contributed by atoms with Crippen LogP contribution in [0.3, 0.4) is 0 Å². The molecule has 6 atom stereocenters. The summed E-state index contributed by atoms with van der Waals surface area (Å²) in [7, 11) is -2.39. The van der Waals surface area contributed by atoms with Crippen molar-refractivity contribution in [2.45, 2.75) is 139 Å². The Morgan fingerprint density at radius 3 is 2.48 bits per heavy atom. The number of rotatable bonds is 12. The second-order valence-corrected chi connectivity index (χ2v) is 21.6. The van der Waals surface area contributed by atoms with Gasteiger partial charge in [-0.2, -0.15) is 0 Å². The van der Waals surface area contributed by atoms with Crippen molar-refractivity contribution in [1.82, 2.24) is 25.5 Å². The van der Waals surface area contributed by atoms with Crippen LogP contribution in [0.1, 0.15) is 109 Å². The van der Waals surface area contributed by atoms with Crippen LogP contribution in [0.25, 0.3) is 22.3 Å². The molecule has 2 saturated heterocycles. The van der Waals surface area contributed by atoms with Crippen molar-refractivity contribution in [3.05, 3.63) is 65.5 Å². The Morgan fingerprint density at radius 1 is 0.984 bits per heavy atom. The first kappa shape index (κ1) is 44.1. The molecule has 8 rings (SSSR count). The lowest BCUT2D eigenvalue weighted by atomic mass is 10.0. The van der Waals surface area contributed by atoms with Crippen LogP contribution in [-0.4, -0.2) is 80.6 Å². The predicted molar refractivity (Wildman–Crippen MR) is 242 cm³/mol. The van der Waals surface area contributed by atoms with Gasteiger partial charge in [0.2, 0.25) is 25.1 Å². The molecular formula is C47H61N6O7PS. The third-order valence-corrected chi connectivity index (χ3v) is 16.7. The molecule has 0 spiro atoms. The molecule has 3 amide bonds. The Morgan fingerprint density at radius 2 is 1.73 bits per heavy atom. The van der Waals surface area contributed by atoms with Crippen molar-refractivity contribution in [3.63, 3.8) is 0 Å². The number of aromatic nitrogens is 2. The molecule has 2 aromatic heterocycles. The number of thiazole rings is 1. The summed E-state index contributed by atoms with van der Waals surface area (Å²) in [5, 5.41) is 11.7. The average Bonchev–Trinajstić information content (AvgIpc) is 3.66. The van der Waals surface area contributed by atoms with E-state index < -0.39 is 36.7 Å². The minimum atomic E-state index is -3.99. The van der Waals surface area contributed by atoms with Crippen molar-refractivity contribution >= 4 is 52.5 Å². The van der Waals surface area contributed by atoms with Gasteiger partial charge in [-0.1, -0.05) is 75.3 Å². The maximum Gasteiger partial charge on any atom is 0.245 e.